The lowest BCUT2D eigenvalue weighted by Crippen LogP contribution is -2.33. The number of nitrogens with one attached hydrogen (secondary N) is 1. The Kier molecular flexibility index (Phi) is 4.86. The minimum absolute atomic E-state index is 0.0907. The lowest BCUT2D eigenvalue weighted by atomic mass is 10.3. The summed E-state index contributed by atoms with van der Waals surface area (Å²) in [6, 6.07) is 3.58. The Morgan fingerprint density at radius 1 is 1.35 bits per heavy atom. The van der Waals surface area contributed by atoms with Crippen molar-refractivity contribution < 1.29 is 21.2 Å². The predicted octanol–water partition coefficient (Wildman–Crippen LogP) is 0.810. The SMILES string of the molecule is CC(CC#N)NS(=O)(=O)c1cc(S(C)(=O)=O)ccc1F. The standard InChI is InChI=1S/C11H13FN2O4S2/c1-8(5-6-13)14-20(17,18)11-7-9(19(2,15)16)3-4-10(11)12/h3-4,7-8,14H,5H2,1-2H3. The van der Waals surface area contributed by atoms with Crippen molar-refractivity contribution in [3.63, 3.8) is 0 Å². The van der Waals surface area contributed by atoms with Crippen LogP contribution in [-0.2, 0) is 19.9 Å². The molecule has 1 aromatic carbocycles. The van der Waals surface area contributed by atoms with Gasteiger partial charge in [0, 0.05) is 12.3 Å². The second-order valence-electron chi connectivity index (χ2n) is 4.25. The molecule has 0 saturated heterocycles. The zero-order valence-electron chi connectivity index (χ0n) is 10.8. The van der Waals surface area contributed by atoms with Crippen molar-refractivity contribution in [2.24, 2.45) is 0 Å². The fourth-order valence-electron chi connectivity index (χ4n) is 1.43. The Morgan fingerprint density at radius 3 is 2.45 bits per heavy atom. The molecule has 1 aromatic rings. The molecule has 0 heterocycles. The van der Waals surface area contributed by atoms with Gasteiger partial charge in [-0.05, 0) is 25.1 Å². The number of sulfone groups is 1. The first kappa shape index (κ1) is 16.6. The molecule has 0 aromatic heterocycles. The molecule has 0 amide bonds. The zero-order valence-corrected chi connectivity index (χ0v) is 12.4. The van der Waals surface area contributed by atoms with Crippen molar-refractivity contribution in [1.82, 2.24) is 4.72 Å². The van der Waals surface area contributed by atoms with Gasteiger partial charge < -0.3 is 0 Å². The second-order valence-corrected chi connectivity index (χ2v) is 7.95. The minimum Gasteiger partial charge on any atom is -0.224 e. The maximum Gasteiger partial charge on any atom is 0.243 e. The van der Waals surface area contributed by atoms with Gasteiger partial charge in [0.25, 0.3) is 0 Å². The molecule has 9 heteroatoms. The Morgan fingerprint density at radius 2 is 1.95 bits per heavy atom. The minimum atomic E-state index is -4.24. The Bertz CT molecular complexity index is 751. The molecule has 0 aliphatic carbocycles. The summed E-state index contributed by atoms with van der Waals surface area (Å²) in [5.74, 6) is -1.06. The summed E-state index contributed by atoms with van der Waals surface area (Å²) in [6.45, 7) is 1.44. The molecule has 110 valence electrons. The van der Waals surface area contributed by atoms with E-state index < -0.39 is 36.6 Å². The van der Waals surface area contributed by atoms with Crippen molar-refractivity contribution in [1.29, 1.82) is 5.26 Å². The first-order chi connectivity index (χ1) is 9.08. The third-order valence-electron chi connectivity index (χ3n) is 2.37. The Balaban J connectivity index is 3.29. The first-order valence-corrected chi connectivity index (χ1v) is 8.84. The highest BCUT2D eigenvalue weighted by molar-refractivity contribution is 7.91. The van der Waals surface area contributed by atoms with Crippen LogP contribution in [0.4, 0.5) is 4.39 Å². The molecular formula is C11H13FN2O4S2. The summed E-state index contributed by atoms with van der Waals surface area (Å²) in [7, 11) is -7.89. The zero-order chi connectivity index (χ0) is 15.6. The molecule has 20 heavy (non-hydrogen) atoms. The van der Waals surface area contributed by atoms with Gasteiger partial charge >= 0.3 is 0 Å². The van der Waals surface area contributed by atoms with Gasteiger partial charge in [-0.15, -0.1) is 0 Å². The van der Waals surface area contributed by atoms with E-state index in [0.29, 0.717) is 0 Å². The van der Waals surface area contributed by atoms with E-state index in [4.69, 9.17) is 5.26 Å². The molecule has 0 radical (unpaired) electrons. The number of rotatable bonds is 5. The Labute approximate surface area is 117 Å². The third-order valence-corrected chi connectivity index (χ3v) is 5.09. The normalized spacial score (nSPS) is 13.7. The molecule has 0 aliphatic heterocycles. The van der Waals surface area contributed by atoms with E-state index in [1.165, 1.54) is 6.92 Å². The molecule has 0 bridgehead atoms. The van der Waals surface area contributed by atoms with Gasteiger partial charge in [-0.1, -0.05) is 0 Å². The molecule has 0 aliphatic rings. The fourth-order valence-corrected chi connectivity index (χ4v) is 3.50. The molecule has 0 spiro atoms. The van der Waals surface area contributed by atoms with E-state index in [-0.39, 0.29) is 11.3 Å². The van der Waals surface area contributed by atoms with Crippen molar-refractivity contribution in [2.75, 3.05) is 6.26 Å². The average Bonchev–Trinajstić information content (AvgIpc) is 2.26. The molecular weight excluding hydrogens is 307 g/mol. The first-order valence-electron chi connectivity index (χ1n) is 5.47. The number of sulfonamides is 1. The van der Waals surface area contributed by atoms with E-state index >= 15 is 0 Å². The van der Waals surface area contributed by atoms with Gasteiger partial charge in [0.05, 0.1) is 17.4 Å². The van der Waals surface area contributed by atoms with Gasteiger partial charge in [-0.25, -0.2) is 25.9 Å². The van der Waals surface area contributed by atoms with Crippen LogP contribution in [-0.4, -0.2) is 29.1 Å². The third kappa shape index (κ3) is 4.00. The topological polar surface area (TPSA) is 104 Å². The van der Waals surface area contributed by atoms with E-state index in [2.05, 4.69) is 4.72 Å². The lowest BCUT2D eigenvalue weighted by Gasteiger charge is -2.12. The number of hydrogen-bond donors (Lipinski definition) is 1. The summed E-state index contributed by atoms with van der Waals surface area (Å²) in [5.41, 5.74) is 0. The van der Waals surface area contributed by atoms with Crippen LogP contribution in [0.1, 0.15) is 13.3 Å². The number of halogens is 1. The number of hydrogen-bond acceptors (Lipinski definition) is 5. The van der Waals surface area contributed by atoms with Crippen LogP contribution in [0.5, 0.6) is 0 Å². The van der Waals surface area contributed by atoms with E-state index in [9.17, 15) is 21.2 Å². The smallest absolute Gasteiger partial charge is 0.224 e. The molecule has 6 nitrogen and oxygen atoms in total. The lowest BCUT2D eigenvalue weighted by molar-refractivity contribution is 0.543. The van der Waals surface area contributed by atoms with Crippen LogP contribution >= 0.6 is 0 Å². The van der Waals surface area contributed by atoms with Gasteiger partial charge in [0.2, 0.25) is 10.0 Å². The van der Waals surface area contributed by atoms with Crippen molar-refractivity contribution in [3.05, 3.63) is 24.0 Å². The summed E-state index contributed by atoms with van der Waals surface area (Å²) >= 11 is 0. The van der Waals surface area contributed by atoms with Gasteiger partial charge in [-0.2, -0.15) is 5.26 Å². The van der Waals surface area contributed by atoms with E-state index in [1.54, 1.807) is 6.07 Å². The highest BCUT2D eigenvalue weighted by atomic mass is 32.2. The van der Waals surface area contributed by atoms with Gasteiger partial charge in [0.15, 0.2) is 9.84 Å². The second kappa shape index (κ2) is 5.87. The monoisotopic (exact) mass is 320 g/mol. The van der Waals surface area contributed by atoms with Crippen molar-refractivity contribution >= 4 is 19.9 Å². The summed E-state index contributed by atoms with van der Waals surface area (Å²) in [5, 5.41) is 8.47. The predicted molar refractivity (Wildman–Crippen MR) is 69.5 cm³/mol. The summed E-state index contributed by atoms with van der Waals surface area (Å²) < 4.78 is 62.4. The molecule has 0 fully saturated rings. The van der Waals surface area contributed by atoms with Gasteiger partial charge in [-0.3, -0.25) is 0 Å². The Hall–Kier alpha value is -1.50. The molecule has 0 saturated carbocycles. The quantitative estimate of drug-likeness (QED) is 0.808. The molecule has 1 rings (SSSR count). The van der Waals surface area contributed by atoms with Crippen LogP contribution in [0.3, 0.4) is 0 Å². The van der Waals surface area contributed by atoms with Crippen molar-refractivity contribution in [3.8, 4) is 6.07 Å². The van der Waals surface area contributed by atoms with E-state index in [1.807, 2.05) is 0 Å². The molecule has 1 N–H and O–H groups in total. The number of nitriles is 1. The highest BCUT2D eigenvalue weighted by Crippen LogP contribution is 2.20. The summed E-state index contributed by atoms with van der Waals surface area (Å²) in [6.07, 6.45) is 0.801. The highest BCUT2D eigenvalue weighted by Gasteiger charge is 2.23. The van der Waals surface area contributed by atoms with Crippen LogP contribution in [0.25, 0.3) is 0 Å². The number of benzene rings is 1. The largest absolute Gasteiger partial charge is 0.243 e. The van der Waals surface area contributed by atoms with Crippen LogP contribution in [0.15, 0.2) is 28.0 Å². The van der Waals surface area contributed by atoms with Crippen molar-refractivity contribution in [2.45, 2.75) is 29.2 Å². The van der Waals surface area contributed by atoms with Crippen LogP contribution < -0.4 is 4.72 Å². The fraction of sp³-hybridized carbons (Fsp3) is 0.364. The van der Waals surface area contributed by atoms with E-state index in [0.717, 1.165) is 24.5 Å². The average molecular weight is 320 g/mol. The molecule has 1 atom stereocenters. The maximum atomic E-state index is 13.6. The van der Waals surface area contributed by atoms with Gasteiger partial charge in [0.1, 0.15) is 10.7 Å². The maximum absolute atomic E-state index is 13.6. The van der Waals surface area contributed by atoms with Crippen LogP contribution in [0, 0.1) is 17.1 Å². The van der Waals surface area contributed by atoms with Crippen LogP contribution in [0.2, 0.25) is 0 Å². The summed E-state index contributed by atoms with van der Waals surface area (Å²) in [4.78, 5) is -1.06. The number of nitrogens with zero attached hydrogens (tertiary/aromatic N) is 1. The molecule has 1 unspecified atom stereocenters.